The molecule has 1 aromatic rings. The van der Waals surface area contributed by atoms with Crippen molar-refractivity contribution in [2.45, 2.75) is 5.37 Å². The number of nitro benzene ring substituents is 1. The first-order valence-electron chi connectivity index (χ1n) is 5.29. The van der Waals surface area contributed by atoms with Gasteiger partial charge in [0.05, 0.1) is 17.2 Å². The summed E-state index contributed by atoms with van der Waals surface area (Å²) < 4.78 is 23.5. The van der Waals surface area contributed by atoms with E-state index in [9.17, 15) is 18.5 Å². The molecule has 0 radical (unpaired) electrons. The first kappa shape index (κ1) is 12.6. The van der Waals surface area contributed by atoms with Gasteiger partial charge in [-0.1, -0.05) is 6.08 Å². The van der Waals surface area contributed by atoms with Crippen molar-refractivity contribution in [2.24, 2.45) is 0 Å². The molecule has 96 valence electrons. The summed E-state index contributed by atoms with van der Waals surface area (Å²) in [5.74, 6) is -0.0544. The Morgan fingerprint density at radius 2 is 2.06 bits per heavy atom. The van der Waals surface area contributed by atoms with Gasteiger partial charge in [0.2, 0.25) is 0 Å². The highest BCUT2D eigenvalue weighted by Gasteiger charge is 2.44. The van der Waals surface area contributed by atoms with E-state index in [2.05, 4.69) is 6.58 Å². The van der Waals surface area contributed by atoms with Crippen molar-refractivity contribution in [2.75, 3.05) is 17.2 Å². The van der Waals surface area contributed by atoms with Crippen LogP contribution in [-0.4, -0.2) is 31.0 Å². The summed E-state index contributed by atoms with van der Waals surface area (Å²) in [6.45, 7) is 3.84. The highest BCUT2D eigenvalue weighted by Crippen LogP contribution is 2.32. The summed E-state index contributed by atoms with van der Waals surface area (Å²) in [5.41, 5.74) is 0.671. The molecule has 6 nitrogen and oxygen atoms in total. The predicted octanol–water partition coefficient (Wildman–Crippen LogP) is 1.34. The second kappa shape index (κ2) is 4.41. The molecule has 18 heavy (non-hydrogen) atoms. The van der Waals surface area contributed by atoms with E-state index in [1.807, 2.05) is 0 Å². The van der Waals surface area contributed by atoms with Crippen LogP contribution in [0.2, 0.25) is 0 Å². The van der Waals surface area contributed by atoms with Crippen molar-refractivity contribution in [3.05, 3.63) is 47.0 Å². The topological polar surface area (TPSA) is 80.3 Å². The monoisotopic (exact) mass is 268 g/mol. The van der Waals surface area contributed by atoms with E-state index in [1.54, 1.807) is 17.0 Å². The van der Waals surface area contributed by atoms with Gasteiger partial charge in [0.15, 0.2) is 9.84 Å². The Balaban J connectivity index is 2.12. The van der Waals surface area contributed by atoms with Gasteiger partial charge in [0, 0.05) is 17.8 Å². The van der Waals surface area contributed by atoms with Gasteiger partial charge in [-0.2, -0.15) is 0 Å². The fraction of sp³-hybridized carbons (Fsp3) is 0.273. The molecule has 1 aliphatic rings. The van der Waals surface area contributed by atoms with Gasteiger partial charge >= 0.3 is 0 Å². The van der Waals surface area contributed by atoms with E-state index in [1.165, 1.54) is 18.2 Å². The Morgan fingerprint density at radius 1 is 1.44 bits per heavy atom. The zero-order valence-corrected chi connectivity index (χ0v) is 10.3. The maximum atomic E-state index is 11.7. The third-order valence-electron chi connectivity index (χ3n) is 2.72. The summed E-state index contributed by atoms with van der Waals surface area (Å²) in [7, 11) is -3.19. The molecule has 0 aromatic heterocycles. The normalized spacial score (nSPS) is 18.4. The number of nitrogens with zero attached hydrogens (tertiary/aromatic N) is 2. The highest BCUT2D eigenvalue weighted by molar-refractivity contribution is 7.92. The van der Waals surface area contributed by atoms with E-state index in [0.717, 1.165) is 0 Å². The van der Waals surface area contributed by atoms with Crippen molar-refractivity contribution in [1.82, 2.24) is 0 Å². The van der Waals surface area contributed by atoms with E-state index >= 15 is 0 Å². The summed E-state index contributed by atoms with van der Waals surface area (Å²) in [6, 6.07) is 5.85. The Hall–Kier alpha value is -1.89. The van der Waals surface area contributed by atoms with Crippen molar-refractivity contribution in [3.8, 4) is 0 Å². The first-order chi connectivity index (χ1) is 8.45. The summed E-state index contributed by atoms with van der Waals surface area (Å²) in [4.78, 5) is 11.7. The maximum Gasteiger partial charge on any atom is 0.269 e. The Bertz CT molecular complexity index is 580. The molecular weight excluding hydrogens is 256 g/mol. The van der Waals surface area contributed by atoms with Crippen LogP contribution in [0.15, 0.2) is 36.9 Å². The molecule has 1 atom stereocenters. The summed E-state index contributed by atoms with van der Waals surface area (Å²) in [6.07, 6.45) is 1.36. The summed E-state index contributed by atoms with van der Waals surface area (Å²) >= 11 is 0. The third-order valence-corrected chi connectivity index (χ3v) is 4.66. The fourth-order valence-electron chi connectivity index (χ4n) is 1.74. The molecule has 0 spiro atoms. The second-order valence-electron chi connectivity index (χ2n) is 4.00. The maximum absolute atomic E-state index is 11.7. The van der Waals surface area contributed by atoms with Crippen LogP contribution in [0, 0.1) is 10.1 Å². The van der Waals surface area contributed by atoms with Gasteiger partial charge in [-0.15, -0.1) is 6.58 Å². The van der Waals surface area contributed by atoms with Crippen molar-refractivity contribution < 1.29 is 13.3 Å². The smallest absolute Gasteiger partial charge is 0.269 e. The number of non-ortho nitro benzene ring substituents is 1. The molecule has 2 rings (SSSR count). The van der Waals surface area contributed by atoms with Crippen LogP contribution in [0.1, 0.15) is 0 Å². The quantitative estimate of drug-likeness (QED) is 0.348. The highest BCUT2D eigenvalue weighted by atomic mass is 32.2. The number of hydrogen-bond donors (Lipinski definition) is 0. The van der Waals surface area contributed by atoms with Gasteiger partial charge in [-0.05, 0) is 12.1 Å². The largest absolute Gasteiger partial charge is 0.350 e. The minimum atomic E-state index is -3.19. The van der Waals surface area contributed by atoms with Crippen LogP contribution in [0.4, 0.5) is 11.4 Å². The van der Waals surface area contributed by atoms with Crippen LogP contribution >= 0.6 is 0 Å². The molecular formula is C11H12N2O4S. The summed E-state index contributed by atoms with van der Waals surface area (Å²) in [5, 5.41) is 9.96. The molecule has 1 saturated heterocycles. The van der Waals surface area contributed by atoms with Crippen molar-refractivity contribution >= 4 is 21.2 Å². The SMILES string of the molecule is C=CCS(=O)(=O)C1CN1c1ccc([N+](=O)[O-])cc1. The molecule has 1 heterocycles. The van der Waals surface area contributed by atoms with Crippen molar-refractivity contribution in [1.29, 1.82) is 0 Å². The average molecular weight is 268 g/mol. The number of anilines is 1. The van der Waals surface area contributed by atoms with Crippen LogP contribution in [-0.2, 0) is 9.84 Å². The Labute approximate surface area is 105 Å². The van der Waals surface area contributed by atoms with Crippen LogP contribution in [0.25, 0.3) is 0 Å². The molecule has 1 aliphatic heterocycles. The molecule has 1 unspecified atom stereocenters. The zero-order chi connectivity index (χ0) is 13.3. The lowest BCUT2D eigenvalue weighted by atomic mass is 10.3. The molecule has 0 bridgehead atoms. The van der Waals surface area contributed by atoms with E-state index in [-0.39, 0.29) is 11.4 Å². The van der Waals surface area contributed by atoms with Gasteiger partial charge in [-0.3, -0.25) is 10.1 Å². The molecule has 0 saturated carbocycles. The first-order valence-corrected chi connectivity index (χ1v) is 7.01. The lowest BCUT2D eigenvalue weighted by Crippen LogP contribution is -2.15. The van der Waals surface area contributed by atoms with Crippen LogP contribution in [0.3, 0.4) is 0 Å². The zero-order valence-electron chi connectivity index (χ0n) is 9.52. The third kappa shape index (κ3) is 2.35. The lowest BCUT2D eigenvalue weighted by Gasteiger charge is -2.05. The molecule has 7 heteroatoms. The number of hydrogen-bond acceptors (Lipinski definition) is 5. The van der Waals surface area contributed by atoms with Gasteiger partial charge in [0.25, 0.3) is 5.69 Å². The van der Waals surface area contributed by atoms with Gasteiger partial charge in [0.1, 0.15) is 5.37 Å². The Kier molecular flexibility index (Phi) is 3.08. The molecule has 0 aliphatic carbocycles. The van der Waals surface area contributed by atoms with E-state index in [0.29, 0.717) is 12.2 Å². The number of benzene rings is 1. The standard InChI is InChI=1S/C11H12N2O4S/c1-2-7-18(16,17)11-8-12(11)9-3-5-10(6-4-9)13(14)15/h2-6,11H,1,7-8H2. The van der Waals surface area contributed by atoms with E-state index in [4.69, 9.17) is 0 Å². The molecule has 1 fully saturated rings. The van der Waals surface area contributed by atoms with Gasteiger partial charge < -0.3 is 4.90 Å². The van der Waals surface area contributed by atoms with Crippen LogP contribution < -0.4 is 4.90 Å². The number of rotatable bonds is 5. The minimum absolute atomic E-state index is 0.00824. The lowest BCUT2D eigenvalue weighted by molar-refractivity contribution is -0.384. The minimum Gasteiger partial charge on any atom is -0.350 e. The second-order valence-corrected chi connectivity index (χ2v) is 6.20. The average Bonchev–Trinajstić information content (AvgIpc) is 3.09. The van der Waals surface area contributed by atoms with E-state index < -0.39 is 20.1 Å². The van der Waals surface area contributed by atoms with Gasteiger partial charge in [-0.25, -0.2) is 8.42 Å². The Morgan fingerprint density at radius 3 is 2.56 bits per heavy atom. The number of nitro groups is 1. The molecule has 0 amide bonds. The van der Waals surface area contributed by atoms with Crippen LogP contribution in [0.5, 0.6) is 0 Å². The van der Waals surface area contributed by atoms with Crippen molar-refractivity contribution in [3.63, 3.8) is 0 Å². The predicted molar refractivity (Wildman–Crippen MR) is 68.2 cm³/mol. The fourth-order valence-corrected chi connectivity index (χ4v) is 3.19. The molecule has 0 N–H and O–H groups in total. The number of sulfone groups is 1. The molecule has 1 aromatic carbocycles.